The van der Waals surface area contributed by atoms with Crippen molar-refractivity contribution in [3.8, 4) is 34.5 Å². The number of rotatable bonds is 34. The predicted octanol–water partition coefficient (Wildman–Crippen LogP) is 16.3. The van der Waals surface area contributed by atoms with Gasteiger partial charge in [-0.15, -0.1) is 0 Å². The number of esters is 4. The first-order valence-corrected chi connectivity index (χ1v) is 26.7. The molecule has 0 unspecified atom stereocenters. The van der Waals surface area contributed by atoms with Crippen LogP contribution in [0.4, 0.5) is 0 Å². The Balaban J connectivity index is 0.975. The van der Waals surface area contributed by atoms with Crippen molar-refractivity contribution in [3.63, 3.8) is 0 Å². The van der Waals surface area contributed by atoms with E-state index in [0.29, 0.717) is 18.8 Å². The third kappa shape index (κ3) is 22.6. The maximum atomic E-state index is 13.1. The zero-order valence-corrected chi connectivity index (χ0v) is 43.4. The normalized spacial score (nSPS) is 11.2. The second kappa shape index (κ2) is 33.7. The minimum Gasteiger partial charge on any atom is -0.494 e. The fraction of sp³-hybridized carbons (Fsp3) is 0.397. The average Bonchev–Trinajstić information content (AvgIpc) is 3.40. The highest BCUT2D eigenvalue weighted by Crippen LogP contribution is 2.30. The summed E-state index contributed by atoms with van der Waals surface area (Å²) in [6.07, 6.45) is 31.6. The zero-order valence-electron chi connectivity index (χ0n) is 43.4. The monoisotopic (exact) mass is 993 g/mol. The van der Waals surface area contributed by atoms with Crippen molar-refractivity contribution in [1.29, 1.82) is 0 Å². The Kier molecular flexibility index (Phi) is 26.3. The van der Waals surface area contributed by atoms with Crippen molar-refractivity contribution in [3.05, 3.63) is 155 Å². The lowest BCUT2D eigenvalue weighted by Gasteiger charge is -2.12. The molecule has 10 heteroatoms. The number of carbonyl (C=O) groups is 4. The van der Waals surface area contributed by atoms with Crippen LogP contribution in [-0.4, -0.2) is 37.1 Å². The molecule has 73 heavy (non-hydrogen) atoms. The summed E-state index contributed by atoms with van der Waals surface area (Å²) in [5.74, 6) is 0.0504. The van der Waals surface area contributed by atoms with Gasteiger partial charge < -0.3 is 28.4 Å². The van der Waals surface area contributed by atoms with Crippen LogP contribution >= 0.6 is 0 Å². The van der Waals surface area contributed by atoms with E-state index in [4.69, 9.17) is 28.4 Å². The molecule has 5 rings (SSSR count). The molecule has 0 spiro atoms. The molecule has 0 fully saturated rings. The molecule has 0 radical (unpaired) electrons. The molecule has 0 amide bonds. The summed E-state index contributed by atoms with van der Waals surface area (Å²) in [7, 11) is 0. The van der Waals surface area contributed by atoms with Crippen molar-refractivity contribution in [2.24, 2.45) is 0 Å². The van der Waals surface area contributed by atoms with Crippen molar-refractivity contribution in [2.75, 3.05) is 13.2 Å². The molecular formula is C63H76O10. The van der Waals surface area contributed by atoms with Crippen molar-refractivity contribution >= 4 is 36.0 Å². The van der Waals surface area contributed by atoms with E-state index in [2.05, 4.69) is 13.8 Å². The summed E-state index contributed by atoms with van der Waals surface area (Å²) in [4.78, 5) is 51.4. The van der Waals surface area contributed by atoms with Crippen LogP contribution < -0.4 is 28.4 Å². The standard InChI is InChI=1S/C63H76O10/c1-4-6-8-10-12-14-16-18-20-22-47-68-54-37-27-50(28-38-54)31-45-60(64)70-56-41-33-52(34-42-56)62(66)72-58-25-24-26-59(49(58)3)73-63(67)53-35-43-57(44-36-53)71-61(65)46-32-51-29-39-55(40-30-51)69-48-23-21-19-17-15-13-11-9-7-5-2/h24-46H,4-23,47-48H2,1-3H3/b45-31+,46-32+. The second-order valence-electron chi connectivity index (χ2n) is 18.4. The summed E-state index contributed by atoms with van der Waals surface area (Å²) in [6.45, 7) is 7.54. The number of carbonyl (C=O) groups excluding carboxylic acids is 4. The topological polar surface area (TPSA) is 124 Å². The Morgan fingerprint density at radius 2 is 0.685 bits per heavy atom. The van der Waals surface area contributed by atoms with Crippen LogP contribution in [0.5, 0.6) is 34.5 Å². The van der Waals surface area contributed by atoms with Crippen molar-refractivity contribution in [2.45, 2.75) is 149 Å². The van der Waals surface area contributed by atoms with E-state index in [0.717, 1.165) is 35.5 Å². The van der Waals surface area contributed by atoms with Crippen LogP contribution in [0.1, 0.15) is 180 Å². The van der Waals surface area contributed by atoms with Crippen LogP contribution in [0, 0.1) is 6.92 Å². The van der Waals surface area contributed by atoms with Gasteiger partial charge in [-0.1, -0.05) is 160 Å². The lowest BCUT2D eigenvalue weighted by atomic mass is 10.1. The molecule has 0 saturated heterocycles. The van der Waals surface area contributed by atoms with Crippen molar-refractivity contribution in [1.82, 2.24) is 0 Å². The van der Waals surface area contributed by atoms with E-state index < -0.39 is 23.9 Å². The quantitative estimate of drug-likeness (QED) is 0.0170. The van der Waals surface area contributed by atoms with Crippen LogP contribution in [-0.2, 0) is 9.59 Å². The molecule has 0 aliphatic heterocycles. The highest BCUT2D eigenvalue weighted by Gasteiger charge is 2.17. The van der Waals surface area contributed by atoms with Crippen molar-refractivity contribution < 1.29 is 47.6 Å². The van der Waals surface area contributed by atoms with Crippen LogP contribution in [0.2, 0.25) is 0 Å². The summed E-state index contributed by atoms with van der Waals surface area (Å²) >= 11 is 0. The van der Waals surface area contributed by atoms with Crippen LogP contribution in [0.3, 0.4) is 0 Å². The minimum absolute atomic E-state index is 0.198. The van der Waals surface area contributed by atoms with Gasteiger partial charge in [-0.2, -0.15) is 0 Å². The van der Waals surface area contributed by atoms with E-state index in [1.165, 1.54) is 176 Å². The summed E-state index contributed by atoms with van der Waals surface area (Å²) in [5, 5.41) is 0. The first-order chi connectivity index (χ1) is 35.7. The molecule has 5 aromatic rings. The molecule has 0 aromatic heterocycles. The molecule has 0 N–H and O–H groups in total. The van der Waals surface area contributed by atoms with Gasteiger partial charge >= 0.3 is 23.9 Å². The van der Waals surface area contributed by atoms with Gasteiger partial charge in [0.1, 0.15) is 34.5 Å². The number of hydrogen-bond donors (Lipinski definition) is 0. The van der Waals surface area contributed by atoms with Crippen LogP contribution in [0.15, 0.2) is 127 Å². The smallest absolute Gasteiger partial charge is 0.343 e. The van der Waals surface area contributed by atoms with Gasteiger partial charge in [0.25, 0.3) is 0 Å². The first-order valence-electron chi connectivity index (χ1n) is 26.7. The van der Waals surface area contributed by atoms with E-state index in [9.17, 15) is 19.2 Å². The highest BCUT2D eigenvalue weighted by molar-refractivity contribution is 5.93. The van der Waals surface area contributed by atoms with E-state index in [-0.39, 0.29) is 34.1 Å². The summed E-state index contributed by atoms with van der Waals surface area (Å²) in [5.41, 5.74) is 2.52. The van der Waals surface area contributed by atoms with Gasteiger partial charge in [-0.25, -0.2) is 19.2 Å². The molecule has 0 aliphatic carbocycles. The molecule has 0 saturated carbocycles. The Bertz CT molecular complexity index is 2280. The third-order valence-electron chi connectivity index (χ3n) is 12.4. The van der Waals surface area contributed by atoms with E-state index >= 15 is 0 Å². The van der Waals surface area contributed by atoms with Gasteiger partial charge in [0.15, 0.2) is 0 Å². The van der Waals surface area contributed by atoms with Gasteiger partial charge in [0.05, 0.1) is 24.3 Å². The lowest BCUT2D eigenvalue weighted by Crippen LogP contribution is -2.12. The Hall–Kier alpha value is -6.94. The lowest BCUT2D eigenvalue weighted by molar-refractivity contribution is -0.129. The molecular weight excluding hydrogens is 917 g/mol. The molecule has 5 aromatic carbocycles. The largest absolute Gasteiger partial charge is 0.494 e. The number of ether oxygens (including phenoxy) is 6. The molecule has 10 nitrogen and oxygen atoms in total. The maximum Gasteiger partial charge on any atom is 0.343 e. The number of unbranched alkanes of at least 4 members (excludes halogenated alkanes) is 18. The predicted molar refractivity (Wildman–Crippen MR) is 291 cm³/mol. The van der Waals surface area contributed by atoms with Gasteiger partial charge in [-0.3, -0.25) is 0 Å². The third-order valence-corrected chi connectivity index (χ3v) is 12.4. The fourth-order valence-corrected chi connectivity index (χ4v) is 7.99. The first kappa shape index (κ1) is 57.0. The molecule has 0 heterocycles. The number of hydrogen-bond acceptors (Lipinski definition) is 10. The zero-order chi connectivity index (χ0) is 51.7. The van der Waals surface area contributed by atoms with E-state index in [1.54, 1.807) is 37.3 Å². The van der Waals surface area contributed by atoms with Gasteiger partial charge in [0.2, 0.25) is 0 Å². The molecule has 0 bridgehead atoms. The molecule has 0 atom stereocenters. The van der Waals surface area contributed by atoms with Gasteiger partial charge in [-0.05, 0) is 128 Å². The summed E-state index contributed by atoms with van der Waals surface area (Å²) < 4.78 is 34.0. The fourth-order valence-electron chi connectivity index (χ4n) is 7.99. The molecule has 388 valence electrons. The highest BCUT2D eigenvalue weighted by atomic mass is 16.6. The Morgan fingerprint density at radius 3 is 1.03 bits per heavy atom. The Labute approximate surface area is 434 Å². The molecule has 0 aliphatic rings. The minimum atomic E-state index is -0.655. The Morgan fingerprint density at radius 1 is 0.370 bits per heavy atom. The maximum absolute atomic E-state index is 13.1. The van der Waals surface area contributed by atoms with Crippen LogP contribution in [0.25, 0.3) is 12.2 Å². The SMILES string of the molecule is CCCCCCCCCCCCOc1ccc(/C=C/C(=O)Oc2ccc(C(=O)Oc3cccc(OC(=O)c4ccc(OC(=O)/C=C/c5ccc(OCCCCCCCCCCCC)cc5)cc4)c3C)cc2)cc1. The number of benzene rings is 5. The van der Waals surface area contributed by atoms with E-state index in [1.807, 2.05) is 48.5 Å². The second-order valence-corrected chi connectivity index (χ2v) is 18.4. The summed E-state index contributed by atoms with van der Waals surface area (Å²) in [6, 6.07) is 31.9. The van der Waals surface area contributed by atoms with Gasteiger partial charge in [0, 0.05) is 17.7 Å². The average molecular weight is 993 g/mol.